The molecule has 88 valence electrons. The molecule has 0 aromatic heterocycles. The van der Waals surface area contributed by atoms with Crippen LogP contribution in [0.2, 0.25) is 5.02 Å². The van der Waals surface area contributed by atoms with Crippen molar-refractivity contribution in [3.05, 3.63) is 70.2 Å². The highest BCUT2D eigenvalue weighted by atomic mass is 79.9. The van der Waals surface area contributed by atoms with Gasteiger partial charge in [0.2, 0.25) is 0 Å². The molecule has 0 amide bonds. The van der Waals surface area contributed by atoms with Gasteiger partial charge in [-0.15, -0.1) is 0 Å². The Kier molecular flexibility index (Phi) is 3.79. The fraction of sp³-hybridized carbons (Fsp3) is 0.0769. The minimum absolute atomic E-state index is 0.185. The number of hydrogen-bond donors (Lipinski definition) is 0. The van der Waals surface area contributed by atoms with E-state index in [0.717, 1.165) is 11.6 Å². The molecular weight excluding hydrogens is 309 g/mol. The first-order valence-corrected chi connectivity index (χ1v) is 6.22. The fourth-order valence-electron chi connectivity index (χ4n) is 1.49. The SMILES string of the molecule is Fc1ccc(C(Br)c2ccc(Cl)cc2)cc1F. The van der Waals surface area contributed by atoms with Crippen molar-refractivity contribution in [2.75, 3.05) is 0 Å². The minimum Gasteiger partial charge on any atom is -0.204 e. The largest absolute Gasteiger partial charge is 0.204 e. The Labute approximate surface area is 111 Å². The molecule has 4 heteroatoms. The van der Waals surface area contributed by atoms with Gasteiger partial charge in [-0.2, -0.15) is 0 Å². The Hall–Kier alpha value is -0.930. The summed E-state index contributed by atoms with van der Waals surface area (Å²) in [6, 6.07) is 11.0. The Morgan fingerprint density at radius 1 is 0.882 bits per heavy atom. The van der Waals surface area contributed by atoms with Crippen LogP contribution in [0.5, 0.6) is 0 Å². The fourth-order valence-corrected chi connectivity index (χ4v) is 2.21. The van der Waals surface area contributed by atoms with Gasteiger partial charge >= 0.3 is 0 Å². The lowest BCUT2D eigenvalue weighted by molar-refractivity contribution is 0.507. The van der Waals surface area contributed by atoms with E-state index in [9.17, 15) is 8.78 Å². The summed E-state index contributed by atoms with van der Waals surface area (Å²) in [5.41, 5.74) is 1.59. The van der Waals surface area contributed by atoms with Crippen LogP contribution in [0.4, 0.5) is 8.78 Å². The Morgan fingerprint density at radius 2 is 1.47 bits per heavy atom. The van der Waals surface area contributed by atoms with Gasteiger partial charge in [-0.05, 0) is 35.4 Å². The summed E-state index contributed by atoms with van der Waals surface area (Å²) in [6.45, 7) is 0. The smallest absolute Gasteiger partial charge is 0.159 e. The average molecular weight is 318 g/mol. The molecule has 0 saturated heterocycles. The zero-order chi connectivity index (χ0) is 12.4. The van der Waals surface area contributed by atoms with Gasteiger partial charge in [0.15, 0.2) is 11.6 Å². The van der Waals surface area contributed by atoms with Crippen molar-refractivity contribution in [3.8, 4) is 0 Å². The summed E-state index contributed by atoms with van der Waals surface area (Å²) >= 11 is 9.23. The molecular formula is C13H8BrClF2. The molecule has 2 aromatic carbocycles. The molecule has 0 radical (unpaired) electrons. The van der Waals surface area contributed by atoms with Crippen molar-refractivity contribution in [1.82, 2.24) is 0 Å². The highest BCUT2D eigenvalue weighted by Crippen LogP contribution is 2.31. The van der Waals surface area contributed by atoms with Crippen LogP contribution in [0.1, 0.15) is 16.0 Å². The third-order valence-electron chi connectivity index (χ3n) is 2.40. The molecule has 17 heavy (non-hydrogen) atoms. The molecule has 0 spiro atoms. The Balaban J connectivity index is 2.33. The van der Waals surface area contributed by atoms with Crippen molar-refractivity contribution < 1.29 is 8.78 Å². The molecule has 0 aliphatic rings. The zero-order valence-electron chi connectivity index (χ0n) is 8.63. The van der Waals surface area contributed by atoms with Crippen LogP contribution in [0.25, 0.3) is 0 Å². The molecule has 0 aliphatic heterocycles. The van der Waals surface area contributed by atoms with Crippen LogP contribution in [-0.2, 0) is 0 Å². The number of rotatable bonds is 2. The quantitative estimate of drug-likeness (QED) is 0.676. The van der Waals surface area contributed by atoms with Gasteiger partial charge < -0.3 is 0 Å². The molecule has 1 unspecified atom stereocenters. The van der Waals surface area contributed by atoms with Crippen molar-refractivity contribution in [1.29, 1.82) is 0 Å². The molecule has 0 aliphatic carbocycles. The predicted molar refractivity (Wildman–Crippen MR) is 68.6 cm³/mol. The second-order valence-corrected chi connectivity index (χ2v) is 4.94. The van der Waals surface area contributed by atoms with Gasteiger partial charge in [-0.25, -0.2) is 8.78 Å². The second kappa shape index (κ2) is 5.15. The van der Waals surface area contributed by atoms with E-state index in [1.54, 1.807) is 18.2 Å². The number of alkyl halides is 1. The van der Waals surface area contributed by atoms with E-state index in [-0.39, 0.29) is 4.83 Å². The van der Waals surface area contributed by atoms with Gasteiger partial charge in [0.05, 0.1) is 4.83 Å². The van der Waals surface area contributed by atoms with E-state index in [1.165, 1.54) is 6.07 Å². The average Bonchev–Trinajstić information content (AvgIpc) is 2.33. The van der Waals surface area contributed by atoms with Gasteiger partial charge in [0, 0.05) is 5.02 Å². The maximum Gasteiger partial charge on any atom is 0.159 e. The lowest BCUT2D eigenvalue weighted by Crippen LogP contribution is -1.95. The molecule has 0 bridgehead atoms. The predicted octanol–water partition coefficient (Wildman–Crippen LogP) is 5.10. The molecule has 0 heterocycles. The highest BCUT2D eigenvalue weighted by Gasteiger charge is 2.12. The van der Waals surface area contributed by atoms with E-state index in [4.69, 9.17) is 11.6 Å². The zero-order valence-corrected chi connectivity index (χ0v) is 11.0. The number of halogens is 4. The molecule has 0 fully saturated rings. The van der Waals surface area contributed by atoms with E-state index < -0.39 is 11.6 Å². The maximum absolute atomic E-state index is 13.1. The maximum atomic E-state index is 13.1. The van der Waals surface area contributed by atoms with Crippen LogP contribution in [0.15, 0.2) is 42.5 Å². The van der Waals surface area contributed by atoms with E-state index in [2.05, 4.69) is 15.9 Å². The van der Waals surface area contributed by atoms with Gasteiger partial charge in [-0.3, -0.25) is 0 Å². The summed E-state index contributed by atoms with van der Waals surface area (Å²) in [6.07, 6.45) is 0. The molecule has 0 nitrogen and oxygen atoms in total. The van der Waals surface area contributed by atoms with Crippen molar-refractivity contribution in [2.24, 2.45) is 0 Å². The Morgan fingerprint density at radius 3 is 2.06 bits per heavy atom. The van der Waals surface area contributed by atoms with Crippen LogP contribution < -0.4 is 0 Å². The van der Waals surface area contributed by atoms with Gasteiger partial charge in [0.25, 0.3) is 0 Å². The molecule has 1 atom stereocenters. The van der Waals surface area contributed by atoms with Gasteiger partial charge in [0.1, 0.15) is 0 Å². The summed E-state index contributed by atoms with van der Waals surface area (Å²) in [7, 11) is 0. The van der Waals surface area contributed by atoms with Crippen LogP contribution in [-0.4, -0.2) is 0 Å². The normalized spacial score (nSPS) is 12.5. The molecule has 2 aromatic rings. The van der Waals surface area contributed by atoms with Crippen LogP contribution >= 0.6 is 27.5 Å². The van der Waals surface area contributed by atoms with E-state index in [0.29, 0.717) is 10.6 Å². The molecule has 0 N–H and O–H groups in total. The third-order valence-corrected chi connectivity index (χ3v) is 3.71. The Bertz CT molecular complexity index is 525. The summed E-state index contributed by atoms with van der Waals surface area (Å²) in [5, 5.41) is 0.638. The molecule has 2 rings (SSSR count). The first kappa shape index (κ1) is 12.5. The third kappa shape index (κ3) is 2.85. The lowest BCUT2D eigenvalue weighted by Gasteiger charge is -2.11. The van der Waals surface area contributed by atoms with Crippen molar-refractivity contribution in [3.63, 3.8) is 0 Å². The number of hydrogen-bond acceptors (Lipinski definition) is 0. The highest BCUT2D eigenvalue weighted by molar-refractivity contribution is 9.09. The first-order chi connectivity index (χ1) is 8.08. The van der Waals surface area contributed by atoms with Gasteiger partial charge in [-0.1, -0.05) is 45.7 Å². The standard InChI is InChI=1S/C13H8BrClF2/c14-13(8-1-4-10(15)5-2-8)9-3-6-11(16)12(17)7-9/h1-7,13H. The molecule has 0 saturated carbocycles. The topological polar surface area (TPSA) is 0 Å². The van der Waals surface area contributed by atoms with Crippen LogP contribution in [0, 0.1) is 11.6 Å². The number of benzene rings is 2. The monoisotopic (exact) mass is 316 g/mol. The lowest BCUT2D eigenvalue weighted by atomic mass is 10.0. The van der Waals surface area contributed by atoms with Crippen LogP contribution in [0.3, 0.4) is 0 Å². The minimum atomic E-state index is -0.846. The summed E-state index contributed by atoms with van der Waals surface area (Å²) in [5.74, 6) is -1.69. The van der Waals surface area contributed by atoms with E-state index in [1.807, 2.05) is 12.1 Å². The summed E-state index contributed by atoms with van der Waals surface area (Å²) in [4.78, 5) is -0.185. The first-order valence-electron chi connectivity index (χ1n) is 4.92. The van der Waals surface area contributed by atoms with Crippen molar-refractivity contribution in [2.45, 2.75) is 4.83 Å². The van der Waals surface area contributed by atoms with E-state index >= 15 is 0 Å². The van der Waals surface area contributed by atoms with Crippen molar-refractivity contribution >= 4 is 27.5 Å². The second-order valence-electron chi connectivity index (χ2n) is 3.59. The summed E-state index contributed by atoms with van der Waals surface area (Å²) < 4.78 is 25.9.